The number of hydrazine groups is 1. The molecule has 174 valence electrons. The van der Waals surface area contributed by atoms with Gasteiger partial charge in [0.1, 0.15) is 22.4 Å². The second-order valence-electron chi connectivity index (χ2n) is 10.5. The van der Waals surface area contributed by atoms with Crippen LogP contribution in [0.15, 0.2) is 0 Å². The van der Waals surface area contributed by atoms with E-state index in [1.54, 1.807) is 83.1 Å². The third-order valence-corrected chi connectivity index (χ3v) is 2.47. The first-order valence-electron chi connectivity index (χ1n) is 9.54. The highest BCUT2D eigenvalue weighted by atomic mass is 16.6. The SMILES string of the molecule is CC(C)(C)OC(=O)N(C(=O)OC(C)(C)C)N(C(=O)OC(C)(C)C)C(=O)OC(C)(C)C. The monoisotopic (exact) mass is 432 g/mol. The van der Waals surface area contributed by atoms with Crippen molar-refractivity contribution in [3.63, 3.8) is 0 Å². The van der Waals surface area contributed by atoms with Crippen molar-refractivity contribution < 1.29 is 38.1 Å². The molecular weight excluding hydrogens is 396 g/mol. The molecule has 0 radical (unpaired) electrons. The Labute approximate surface area is 178 Å². The Morgan fingerprint density at radius 2 is 0.533 bits per heavy atom. The number of rotatable bonds is 0. The summed E-state index contributed by atoms with van der Waals surface area (Å²) in [5.74, 6) is 0. The summed E-state index contributed by atoms with van der Waals surface area (Å²) in [5.41, 5.74) is -4.15. The van der Waals surface area contributed by atoms with Gasteiger partial charge in [0, 0.05) is 0 Å². The molecule has 0 aromatic carbocycles. The van der Waals surface area contributed by atoms with Crippen LogP contribution in [0.1, 0.15) is 83.1 Å². The fraction of sp³-hybridized carbons (Fsp3) is 0.800. The smallest absolute Gasteiger partial charge is 0.440 e. The standard InChI is InChI=1S/C20H36N2O8/c1-17(2,3)27-13(23)21(14(24)28-18(4,5)6)22(15(25)29-19(7,8)9)16(26)30-20(10,11)12/h1-12H3. The van der Waals surface area contributed by atoms with Gasteiger partial charge in [-0.2, -0.15) is 0 Å². The van der Waals surface area contributed by atoms with Crippen LogP contribution in [-0.4, -0.2) is 56.8 Å². The minimum Gasteiger partial charge on any atom is -0.442 e. The first-order chi connectivity index (χ1) is 13.0. The highest BCUT2D eigenvalue weighted by molar-refractivity contribution is 5.97. The summed E-state index contributed by atoms with van der Waals surface area (Å²) in [6.07, 6.45) is -5.25. The van der Waals surface area contributed by atoms with Gasteiger partial charge in [-0.05, 0) is 83.1 Å². The number of imide groups is 2. The normalized spacial score (nSPS) is 12.5. The lowest BCUT2D eigenvalue weighted by Gasteiger charge is -2.35. The van der Waals surface area contributed by atoms with Gasteiger partial charge in [-0.1, -0.05) is 10.0 Å². The van der Waals surface area contributed by atoms with Crippen LogP contribution >= 0.6 is 0 Å². The molecule has 0 aliphatic heterocycles. The van der Waals surface area contributed by atoms with E-state index in [0.717, 1.165) is 0 Å². The number of carbonyl (C=O) groups is 4. The molecule has 30 heavy (non-hydrogen) atoms. The van der Waals surface area contributed by atoms with Crippen LogP contribution in [0, 0.1) is 0 Å². The third kappa shape index (κ3) is 10.9. The molecule has 10 nitrogen and oxygen atoms in total. The Hall–Kier alpha value is -2.52. The lowest BCUT2D eigenvalue weighted by atomic mass is 10.2. The number of hydrogen-bond donors (Lipinski definition) is 0. The molecule has 0 rings (SSSR count). The van der Waals surface area contributed by atoms with E-state index >= 15 is 0 Å². The van der Waals surface area contributed by atoms with E-state index < -0.39 is 46.8 Å². The van der Waals surface area contributed by atoms with Gasteiger partial charge in [0.05, 0.1) is 0 Å². The zero-order valence-electron chi connectivity index (χ0n) is 20.2. The van der Waals surface area contributed by atoms with Gasteiger partial charge in [-0.15, -0.1) is 0 Å². The molecule has 0 saturated heterocycles. The van der Waals surface area contributed by atoms with E-state index in [-0.39, 0.29) is 10.0 Å². The highest BCUT2D eigenvalue weighted by Crippen LogP contribution is 2.21. The average Bonchev–Trinajstić information content (AvgIpc) is 2.35. The summed E-state index contributed by atoms with van der Waals surface area (Å²) in [7, 11) is 0. The number of amides is 4. The second-order valence-corrected chi connectivity index (χ2v) is 10.5. The van der Waals surface area contributed by atoms with Crippen molar-refractivity contribution in [2.45, 2.75) is 105 Å². The summed E-state index contributed by atoms with van der Waals surface area (Å²) in [5, 5.41) is 0.275. The molecule has 0 bridgehead atoms. The van der Waals surface area contributed by atoms with Gasteiger partial charge in [0.15, 0.2) is 0 Å². The third-order valence-electron chi connectivity index (χ3n) is 2.47. The molecule has 0 aromatic heterocycles. The number of ether oxygens (including phenoxy) is 4. The van der Waals surface area contributed by atoms with Crippen LogP contribution in [0.3, 0.4) is 0 Å². The quantitative estimate of drug-likeness (QED) is 0.377. The molecule has 10 heteroatoms. The van der Waals surface area contributed by atoms with E-state index in [1.165, 1.54) is 0 Å². The van der Waals surface area contributed by atoms with Gasteiger partial charge >= 0.3 is 24.4 Å². The molecule has 0 spiro atoms. The van der Waals surface area contributed by atoms with Crippen LogP contribution in [0.5, 0.6) is 0 Å². The lowest BCUT2D eigenvalue weighted by molar-refractivity contribution is -0.0740. The predicted octanol–water partition coefficient (Wildman–Crippen LogP) is 5.25. The molecule has 0 aliphatic carbocycles. The number of hydrogen-bond acceptors (Lipinski definition) is 8. The Morgan fingerprint density at radius 1 is 0.400 bits per heavy atom. The summed E-state index contributed by atoms with van der Waals surface area (Å²) < 4.78 is 20.8. The van der Waals surface area contributed by atoms with Crippen LogP contribution in [0.2, 0.25) is 0 Å². The van der Waals surface area contributed by atoms with Crippen LogP contribution in [0.25, 0.3) is 0 Å². The molecule has 0 aromatic rings. The van der Waals surface area contributed by atoms with E-state index in [2.05, 4.69) is 0 Å². The van der Waals surface area contributed by atoms with Crippen LogP contribution < -0.4 is 0 Å². The largest absolute Gasteiger partial charge is 0.442 e. The molecule has 0 atom stereocenters. The first kappa shape index (κ1) is 27.5. The first-order valence-corrected chi connectivity index (χ1v) is 9.54. The van der Waals surface area contributed by atoms with E-state index in [1.807, 2.05) is 0 Å². The summed E-state index contributed by atoms with van der Waals surface area (Å²) in [4.78, 5) is 51.3. The van der Waals surface area contributed by atoms with Gasteiger partial charge < -0.3 is 18.9 Å². The Balaban J connectivity index is 6.39. The maximum absolute atomic E-state index is 12.8. The van der Waals surface area contributed by atoms with Crippen molar-refractivity contribution in [3.05, 3.63) is 0 Å². The topological polar surface area (TPSA) is 112 Å². The van der Waals surface area contributed by atoms with Crippen LogP contribution in [0.4, 0.5) is 19.2 Å². The molecule has 0 fully saturated rings. The van der Waals surface area contributed by atoms with Gasteiger partial charge in [-0.25, -0.2) is 19.2 Å². The zero-order chi connectivity index (χ0) is 24.3. The van der Waals surface area contributed by atoms with Crippen molar-refractivity contribution in [2.24, 2.45) is 0 Å². The Morgan fingerprint density at radius 3 is 0.633 bits per heavy atom. The highest BCUT2D eigenvalue weighted by Gasteiger charge is 2.45. The fourth-order valence-corrected chi connectivity index (χ4v) is 1.70. The van der Waals surface area contributed by atoms with Gasteiger partial charge in [0.25, 0.3) is 0 Å². The minimum absolute atomic E-state index is 0.138. The summed E-state index contributed by atoms with van der Waals surface area (Å²) in [6, 6.07) is 0. The molecule has 0 N–H and O–H groups in total. The molecule has 0 heterocycles. The maximum Gasteiger partial charge on any atom is 0.440 e. The molecule has 0 unspecified atom stereocenters. The predicted molar refractivity (Wildman–Crippen MR) is 109 cm³/mol. The van der Waals surface area contributed by atoms with Gasteiger partial charge in [-0.3, -0.25) is 0 Å². The van der Waals surface area contributed by atoms with E-state index in [0.29, 0.717) is 0 Å². The molecule has 4 amide bonds. The average molecular weight is 433 g/mol. The number of carbonyl (C=O) groups excluding carboxylic acids is 4. The summed E-state index contributed by atoms with van der Waals surface area (Å²) in [6.45, 7) is 18.7. The van der Waals surface area contributed by atoms with Gasteiger partial charge in [0.2, 0.25) is 0 Å². The van der Waals surface area contributed by atoms with E-state index in [4.69, 9.17) is 18.9 Å². The van der Waals surface area contributed by atoms with E-state index in [9.17, 15) is 19.2 Å². The zero-order valence-corrected chi connectivity index (χ0v) is 20.2. The maximum atomic E-state index is 12.8. The van der Waals surface area contributed by atoms with Crippen molar-refractivity contribution in [3.8, 4) is 0 Å². The fourth-order valence-electron chi connectivity index (χ4n) is 1.70. The van der Waals surface area contributed by atoms with Crippen molar-refractivity contribution in [2.75, 3.05) is 0 Å². The minimum atomic E-state index is -1.31. The number of nitrogens with zero attached hydrogens (tertiary/aromatic N) is 2. The second kappa shape index (κ2) is 9.09. The Kier molecular flexibility index (Phi) is 8.33. The molecule has 0 aliphatic rings. The Bertz CT molecular complexity index is 546. The van der Waals surface area contributed by atoms with Crippen molar-refractivity contribution >= 4 is 24.4 Å². The summed E-state index contributed by atoms with van der Waals surface area (Å²) >= 11 is 0. The van der Waals surface area contributed by atoms with Crippen molar-refractivity contribution in [1.29, 1.82) is 0 Å². The van der Waals surface area contributed by atoms with Crippen LogP contribution in [-0.2, 0) is 18.9 Å². The molecular formula is C20H36N2O8. The molecule has 0 saturated carbocycles. The van der Waals surface area contributed by atoms with Crippen molar-refractivity contribution in [1.82, 2.24) is 10.0 Å². The lowest BCUT2D eigenvalue weighted by Crippen LogP contribution is -2.59.